The van der Waals surface area contributed by atoms with Crippen molar-refractivity contribution in [2.24, 2.45) is 0 Å². The van der Waals surface area contributed by atoms with Crippen molar-refractivity contribution >= 4 is 11.6 Å². The number of aryl methyl sites for hydroxylation is 1. The van der Waals surface area contributed by atoms with Gasteiger partial charge in [0.15, 0.2) is 5.82 Å². The molecule has 0 radical (unpaired) electrons. The molecule has 2 heterocycles. The lowest BCUT2D eigenvalue weighted by molar-refractivity contribution is -0.117. The summed E-state index contributed by atoms with van der Waals surface area (Å²) >= 11 is 0. The first-order valence-corrected chi connectivity index (χ1v) is 7.98. The highest BCUT2D eigenvalue weighted by Gasteiger charge is 2.37. The zero-order valence-electron chi connectivity index (χ0n) is 12.7. The lowest BCUT2D eigenvalue weighted by Gasteiger charge is -2.19. The van der Waals surface area contributed by atoms with E-state index in [2.05, 4.69) is 23.1 Å². The van der Waals surface area contributed by atoms with Gasteiger partial charge in [0.05, 0.1) is 5.92 Å². The highest BCUT2D eigenvalue weighted by Crippen LogP contribution is 2.39. The molecule has 0 bridgehead atoms. The van der Waals surface area contributed by atoms with E-state index in [0.717, 1.165) is 30.8 Å². The Morgan fingerprint density at radius 2 is 2.09 bits per heavy atom. The maximum absolute atomic E-state index is 12.4. The van der Waals surface area contributed by atoms with Crippen LogP contribution < -0.4 is 4.90 Å². The summed E-state index contributed by atoms with van der Waals surface area (Å²) in [6, 6.07) is 8.09. The van der Waals surface area contributed by atoms with Crippen LogP contribution in [0.1, 0.15) is 55.3 Å². The number of carbonyl (C=O) groups is 1. The smallest absolute Gasteiger partial charge is 0.232 e. The number of hydrogen-bond donors (Lipinski definition) is 0. The molecule has 1 atom stereocenters. The Bertz CT molecular complexity index is 705. The molecule has 2 fully saturated rings. The zero-order valence-corrected chi connectivity index (χ0v) is 12.7. The molecule has 22 heavy (non-hydrogen) atoms. The Morgan fingerprint density at radius 1 is 1.27 bits per heavy atom. The van der Waals surface area contributed by atoms with Crippen LogP contribution in [0, 0.1) is 0 Å². The standard InChI is InChI=1S/C17H19N3O2/c1-2-11-5-3-4-6-14(11)20-10-13(9-15(20)21)17-18-16(19-22-17)12-7-8-12/h3-6,12-13H,2,7-10H2,1H3. The topological polar surface area (TPSA) is 59.2 Å². The van der Waals surface area contributed by atoms with E-state index in [9.17, 15) is 4.79 Å². The summed E-state index contributed by atoms with van der Waals surface area (Å²) in [6.45, 7) is 2.74. The number of benzene rings is 1. The van der Waals surface area contributed by atoms with Gasteiger partial charge in [-0.2, -0.15) is 4.98 Å². The van der Waals surface area contributed by atoms with Crippen LogP contribution in [0.2, 0.25) is 0 Å². The summed E-state index contributed by atoms with van der Waals surface area (Å²) < 4.78 is 5.40. The predicted octanol–water partition coefficient (Wildman–Crippen LogP) is 3.03. The first-order chi connectivity index (χ1) is 10.8. The van der Waals surface area contributed by atoms with Crippen molar-refractivity contribution in [2.75, 3.05) is 11.4 Å². The van der Waals surface area contributed by atoms with E-state index >= 15 is 0 Å². The number of para-hydroxylation sites is 1. The third kappa shape index (κ3) is 2.30. The number of aromatic nitrogens is 2. The van der Waals surface area contributed by atoms with Crippen molar-refractivity contribution in [1.29, 1.82) is 0 Å². The van der Waals surface area contributed by atoms with E-state index in [1.165, 1.54) is 5.56 Å². The second-order valence-corrected chi connectivity index (χ2v) is 6.15. The maximum Gasteiger partial charge on any atom is 0.232 e. The van der Waals surface area contributed by atoms with Crippen LogP contribution in [-0.4, -0.2) is 22.6 Å². The molecular formula is C17H19N3O2. The summed E-state index contributed by atoms with van der Waals surface area (Å²) in [5, 5.41) is 4.06. The van der Waals surface area contributed by atoms with Gasteiger partial charge in [-0.05, 0) is 30.9 Å². The number of hydrogen-bond acceptors (Lipinski definition) is 4. The van der Waals surface area contributed by atoms with E-state index in [4.69, 9.17) is 4.52 Å². The highest BCUT2D eigenvalue weighted by molar-refractivity contribution is 5.97. The summed E-state index contributed by atoms with van der Waals surface area (Å²) in [5.41, 5.74) is 2.21. The third-order valence-electron chi connectivity index (χ3n) is 4.54. The van der Waals surface area contributed by atoms with Crippen LogP contribution in [0.25, 0.3) is 0 Å². The number of nitrogens with zero attached hydrogens (tertiary/aromatic N) is 3. The summed E-state index contributed by atoms with van der Waals surface area (Å²) in [6.07, 6.45) is 3.67. The minimum absolute atomic E-state index is 0.0115. The minimum atomic E-state index is 0.0115. The van der Waals surface area contributed by atoms with Gasteiger partial charge >= 0.3 is 0 Å². The lowest BCUT2D eigenvalue weighted by atomic mass is 10.1. The molecule has 1 aliphatic carbocycles. The Labute approximate surface area is 129 Å². The van der Waals surface area contributed by atoms with E-state index in [1.54, 1.807) is 0 Å². The van der Waals surface area contributed by atoms with Crippen LogP contribution in [0.15, 0.2) is 28.8 Å². The fraction of sp³-hybridized carbons (Fsp3) is 0.471. The monoisotopic (exact) mass is 297 g/mol. The fourth-order valence-electron chi connectivity index (χ4n) is 3.10. The Kier molecular flexibility index (Phi) is 3.21. The quantitative estimate of drug-likeness (QED) is 0.870. The molecule has 4 rings (SSSR count). The molecule has 0 spiro atoms. The predicted molar refractivity (Wildman–Crippen MR) is 81.8 cm³/mol. The van der Waals surface area contributed by atoms with Gasteiger partial charge in [-0.15, -0.1) is 0 Å². The maximum atomic E-state index is 12.4. The van der Waals surface area contributed by atoms with Gasteiger partial charge in [0.1, 0.15) is 0 Å². The summed E-state index contributed by atoms with van der Waals surface area (Å²) in [5.74, 6) is 2.06. The first kappa shape index (κ1) is 13.5. The molecule has 1 saturated heterocycles. The average Bonchev–Trinajstić information content (AvgIpc) is 3.15. The van der Waals surface area contributed by atoms with Gasteiger partial charge in [0.25, 0.3) is 0 Å². The number of carbonyl (C=O) groups excluding carboxylic acids is 1. The van der Waals surface area contributed by atoms with Gasteiger partial charge in [-0.1, -0.05) is 30.3 Å². The lowest BCUT2D eigenvalue weighted by Crippen LogP contribution is -2.25. The van der Waals surface area contributed by atoms with Crippen molar-refractivity contribution in [3.8, 4) is 0 Å². The van der Waals surface area contributed by atoms with Gasteiger partial charge in [-0.25, -0.2) is 0 Å². The molecule has 1 aliphatic heterocycles. The Balaban J connectivity index is 1.57. The summed E-state index contributed by atoms with van der Waals surface area (Å²) in [4.78, 5) is 18.8. The van der Waals surface area contributed by atoms with Crippen LogP contribution in [0.5, 0.6) is 0 Å². The van der Waals surface area contributed by atoms with E-state index in [0.29, 0.717) is 24.8 Å². The van der Waals surface area contributed by atoms with Crippen molar-refractivity contribution < 1.29 is 9.32 Å². The van der Waals surface area contributed by atoms with Gasteiger partial charge in [0.2, 0.25) is 11.8 Å². The minimum Gasteiger partial charge on any atom is -0.339 e. The normalized spacial score (nSPS) is 21.6. The number of rotatable bonds is 4. The first-order valence-electron chi connectivity index (χ1n) is 7.98. The average molecular weight is 297 g/mol. The molecular weight excluding hydrogens is 278 g/mol. The molecule has 1 aromatic heterocycles. The molecule has 2 aromatic rings. The van der Waals surface area contributed by atoms with Gasteiger partial charge in [0, 0.05) is 24.6 Å². The Morgan fingerprint density at radius 3 is 2.86 bits per heavy atom. The second kappa shape index (κ2) is 5.23. The van der Waals surface area contributed by atoms with Crippen LogP contribution in [-0.2, 0) is 11.2 Å². The van der Waals surface area contributed by atoms with Crippen molar-refractivity contribution in [1.82, 2.24) is 10.1 Å². The number of amides is 1. The zero-order chi connectivity index (χ0) is 15.1. The molecule has 114 valence electrons. The fourth-order valence-corrected chi connectivity index (χ4v) is 3.10. The summed E-state index contributed by atoms with van der Waals surface area (Å²) in [7, 11) is 0. The second-order valence-electron chi connectivity index (χ2n) is 6.15. The van der Waals surface area contributed by atoms with Crippen molar-refractivity contribution in [3.05, 3.63) is 41.5 Å². The van der Waals surface area contributed by atoms with E-state index in [-0.39, 0.29) is 11.8 Å². The molecule has 1 aromatic carbocycles. The van der Waals surface area contributed by atoms with Crippen LogP contribution in [0.3, 0.4) is 0 Å². The van der Waals surface area contributed by atoms with Crippen molar-refractivity contribution in [3.63, 3.8) is 0 Å². The largest absolute Gasteiger partial charge is 0.339 e. The molecule has 2 aliphatic rings. The van der Waals surface area contributed by atoms with Crippen LogP contribution >= 0.6 is 0 Å². The molecule has 5 heteroatoms. The Hall–Kier alpha value is -2.17. The van der Waals surface area contributed by atoms with Crippen molar-refractivity contribution in [2.45, 2.75) is 44.4 Å². The number of anilines is 1. The van der Waals surface area contributed by atoms with Gasteiger partial charge in [-0.3, -0.25) is 4.79 Å². The molecule has 5 nitrogen and oxygen atoms in total. The SMILES string of the molecule is CCc1ccccc1N1CC(c2nc(C3CC3)no2)CC1=O. The molecule has 1 amide bonds. The van der Waals surface area contributed by atoms with Crippen LogP contribution in [0.4, 0.5) is 5.69 Å². The molecule has 0 N–H and O–H groups in total. The van der Waals surface area contributed by atoms with E-state index < -0.39 is 0 Å². The highest BCUT2D eigenvalue weighted by atomic mass is 16.5. The molecule has 1 saturated carbocycles. The van der Waals surface area contributed by atoms with Gasteiger partial charge < -0.3 is 9.42 Å². The molecule has 1 unspecified atom stereocenters. The third-order valence-corrected chi connectivity index (χ3v) is 4.54. The van der Waals surface area contributed by atoms with E-state index in [1.807, 2.05) is 23.1 Å².